The highest BCUT2D eigenvalue weighted by Gasteiger charge is 2.38. The average molecular weight is 537 g/mol. The Balaban J connectivity index is 3.34. The van der Waals surface area contributed by atoms with E-state index in [1.54, 1.807) is 24.3 Å². The molecule has 0 spiro atoms. The quantitative estimate of drug-likeness (QED) is 0.383. The molecule has 2 aromatic carbocycles. The Labute approximate surface area is 203 Å². The van der Waals surface area contributed by atoms with E-state index in [-0.39, 0.29) is 11.1 Å². The smallest absolute Gasteiger partial charge is 0.339 e. The number of ether oxygens (including phenoxy) is 5. The number of benzene rings is 2. The fourth-order valence-corrected chi connectivity index (χ4v) is 3.81. The molecule has 0 aliphatic carbocycles. The van der Waals surface area contributed by atoms with Crippen molar-refractivity contribution in [2.45, 2.75) is 13.5 Å². The first-order valence-corrected chi connectivity index (χ1v) is 10.4. The Morgan fingerprint density at radius 2 is 1.15 bits per heavy atom. The van der Waals surface area contributed by atoms with E-state index in [0.717, 1.165) is 35.4 Å². The van der Waals surface area contributed by atoms with Crippen molar-refractivity contribution in [3.63, 3.8) is 0 Å². The first-order chi connectivity index (χ1) is 16.1. The molecule has 0 aromatic heterocycles. The predicted molar refractivity (Wildman–Crippen MR) is 120 cm³/mol. The van der Waals surface area contributed by atoms with Gasteiger partial charge in [0.15, 0.2) is 0 Å². The van der Waals surface area contributed by atoms with Crippen molar-refractivity contribution in [3.05, 3.63) is 56.6 Å². The third-order valence-electron chi connectivity index (χ3n) is 4.72. The first-order valence-electron chi connectivity index (χ1n) is 9.58. The van der Waals surface area contributed by atoms with Crippen LogP contribution in [0.4, 0.5) is 0 Å². The van der Waals surface area contributed by atoms with Crippen LogP contribution in [0.5, 0.6) is 0 Å². The van der Waals surface area contributed by atoms with Crippen molar-refractivity contribution in [2.24, 2.45) is 0 Å². The largest absolute Gasteiger partial charge is 0.465 e. The van der Waals surface area contributed by atoms with Crippen molar-refractivity contribution in [3.8, 4) is 11.1 Å². The number of halogens is 1. The van der Waals surface area contributed by atoms with Gasteiger partial charge in [-0.15, -0.1) is 0 Å². The molecular formula is C23H21BrO10. The molecule has 0 saturated heterocycles. The van der Waals surface area contributed by atoms with Gasteiger partial charge in [-0.1, -0.05) is 34.1 Å². The molecule has 0 aliphatic rings. The molecule has 0 fully saturated rings. The van der Waals surface area contributed by atoms with Crippen LogP contribution in [0, 0.1) is 0 Å². The normalized spacial score (nSPS) is 10.2. The van der Waals surface area contributed by atoms with Crippen molar-refractivity contribution in [1.82, 2.24) is 0 Å². The third-order valence-corrected chi connectivity index (χ3v) is 5.42. The summed E-state index contributed by atoms with van der Waals surface area (Å²) in [4.78, 5) is 63.4. The Bertz CT molecular complexity index is 1170. The van der Waals surface area contributed by atoms with Gasteiger partial charge in [-0.25, -0.2) is 19.2 Å². The minimum Gasteiger partial charge on any atom is -0.465 e. The summed E-state index contributed by atoms with van der Waals surface area (Å²) in [6.07, 6.45) is 0. The fourth-order valence-electron chi connectivity index (χ4n) is 3.33. The second kappa shape index (κ2) is 11.4. The Kier molecular flexibility index (Phi) is 8.90. The summed E-state index contributed by atoms with van der Waals surface area (Å²) >= 11 is 3.39. The third kappa shape index (κ3) is 5.09. The lowest BCUT2D eigenvalue weighted by Crippen LogP contribution is -2.26. The van der Waals surface area contributed by atoms with Crippen LogP contribution < -0.4 is 0 Å². The number of hydrogen-bond donors (Lipinski definition) is 0. The van der Waals surface area contributed by atoms with Gasteiger partial charge in [0.25, 0.3) is 0 Å². The van der Waals surface area contributed by atoms with E-state index in [1.165, 1.54) is 0 Å². The first kappa shape index (κ1) is 26.5. The SMILES string of the molecule is COC(=O)c1c(COC(C)=O)c(-c2ccccc2Br)c(C(=O)OC)c(C(=O)OC)c1C(=O)OC. The summed E-state index contributed by atoms with van der Waals surface area (Å²) in [5.41, 5.74) is -1.75. The van der Waals surface area contributed by atoms with E-state index in [0.29, 0.717) is 10.0 Å². The van der Waals surface area contributed by atoms with Crippen molar-refractivity contribution in [2.75, 3.05) is 28.4 Å². The lowest BCUT2D eigenvalue weighted by atomic mass is 9.83. The second-order valence-corrected chi connectivity index (χ2v) is 7.43. The molecule has 2 rings (SSSR count). The van der Waals surface area contributed by atoms with Gasteiger partial charge in [0.1, 0.15) is 6.61 Å². The van der Waals surface area contributed by atoms with Crippen LogP contribution in [0.25, 0.3) is 11.1 Å². The maximum Gasteiger partial charge on any atom is 0.339 e. The highest BCUT2D eigenvalue weighted by atomic mass is 79.9. The van der Waals surface area contributed by atoms with Gasteiger partial charge in [-0.2, -0.15) is 0 Å². The zero-order valence-corrected chi connectivity index (χ0v) is 20.6. The number of carbonyl (C=O) groups excluding carboxylic acids is 5. The number of esters is 5. The summed E-state index contributed by atoms with van der Waals surface area (Å²) in [6, 6.07) is 6.57. The summed E-state index contributed by atoms with van der Waals surface area (Å²) in [5.74, 6) is -5.01. The van der Waals surface area contributed by atoms with E-state index in [4.69, 9.17) is 23.7 Å². The molecule has 0 saturated carbocycles. The number of hydrogen-bond acceptors (Lipinski definition) is 10. The topological polar surface area (TPSA) is 132 Å². The average Bonchev–Trinajstić information content (AvgIpc) is 2.84. The maximum absolute atomic E-state index is 13.0. The highest BCUT2D eigenvalue weighted by molar-refractivity contribution is 9.10. The number of rotatable bonds is 7. The molecule has 0 radical (unpaired) electrons. The molecule has 11 heteroatoms. The molecule has 0 unspecified atom stereocenters. The van der Waals surface area contributed by atoms with Crippen LogP contribution in [0.15, 0.2) is 28.7 Å². The van der Waals surface area contributed by atoms with Gasteiger partial charge in [0.2, 0.25) is 0 Å². The minimum atomic E-state index is -1.13. The van der Waals surface area contributed by atoms with Crippen LogP contribution in [0.3, 0.4) is 0 Å². The van der Waals surface area contributed by atoms with Gasteiger partial charge in [0.05, 0.1) is 50.7 Å². The van der Waals surface area contributed by atoms with E-state index in [2.05, 4.69) is 15.9 Å². The molecule has 180 valence electrons. The monoisotopic (exact) mass is 536 g/mol. The van der Waals surface area contributed by atoms with E-state index in [1.807, 2.05) is 0 Å². The molecule has 0 aliphatic heterocycles. The number of carbonyl (C=O) groups is 5. The molecule has 10 nitrogen and oxygen atoms in total. The Morgan fingerprint density at radius 1 is 0.706 bits per heavy atom. The molecule has 0 heterocycles. The van der Waals surface area contributed by atoms with Gasteiger partial charge >= 0.3 is 29.8 Å². The molecule has 0 atom stereocenters. The zero-order chi connectivity index (χ0) is 25.6. The fraction of sp³-hybridized carbons (Fsp3) is 0.261. The Morgan fingerprint density at radius 3 is 1.62 bits per heavy atom. The van der Waals surface area contributed by atoms with E-state index >= 15 is 0 Å². The molecular weight excluding hydrogens is 516 g/mol. The van der Waals surface area contributed by atoms with Gasteiger partial charge < -0.3 is 23.7 Å². The molecule has 0 bridgehead atoms. The molecule has 2 aromatic rings. The number of methoxy groups -OCH3 is 4. The summed E-state index contributed by atoms with van der Waals surface area (Å²) in [6.45, 7) is 0.590. The van der Waals surface area contributed by atoms with E-state index in [9.17, 15) is 24.0 Å². The van der Waals surface area contributed by atoms with Crippen LogP contribution >= 0.6 is 15.9 Å². The summed E-state index contributed by atoms with van der Waals surface area (Å²) in [5, 5.41) is 0. The van der Waals surface area contributed by atoms with E-state index < -0.39 is 58.7 Å². The molecule has 0 N–H and O–H groups in total. The Hall–Kier alpha value is -3.73. The standard InChI is InChI=1S/C23H21BrO10/c1-11(25)34-10-13-15(12-8-6-7-9-14(12)24)17(21(27)31-3)19(23(29)33-5)18(22(28)32-4)16(13)20(26)30-2/h6-9H,10H2,1-5H3. The predicted octanol–water partition coefficient (Wildman–Crippen LogP) is 3.33. The van der Waals surface area contributed by atoms with Crippen LogP contribution in [0.2, 0.25) is 0 Å². The second-order valence-electron chi connectivity index (χ2n) is 6.58. The maximum atomic E-state index is 13.0. The highest BCUT2D eigenvalue weighted by Crippen LogP contribution is 2.41. The van der Waals surface area contributed by atoms with Crippen LogP contribution in [-0.2, 0) is 35.1 Å². The van der Waals surface area contributed by atoms with Crippen LogP contribution in [-0.4, -0.2) is 58.3 Å². The molecule has 34 heavy (non-hydrogen) atoms. The zero-order valence-electron chi connectivity index (χ0n) is 19.0. The minimum absolute atomic E-state index is 0.00553. The van der Waals surface area contributed by atoms with Crippen molar-refractivity contribution in [1.29, 1.82) is 0 Å². The van der Waals surface area contributed by atoms with Gasteiger partial charge in [-0.05, 0) is 11.6 Å². The van der Waals surface area contributed by atoms with Gasteiger partial charge in [0, 0.05) is 22.5 Å². The lowest BCUT2D eigenvalue weighted by molar-refractivity contribution is -0.142. The van der Waals surface area contributed by atoms with Crippen LogP contribution in [0.1, 0.15) is 53.9 Å². The van der Waals surface area contributed by atoms with Crippen molar-refractivity contribution >= 4 is 45.8 Å². The molecule has 0 amide bonds. The summed E-state index contributed by atoms with van der Waals surface area (Å²) in [7, 11) is 4.19. The van der Waals surface area contributed by atoms with Crippen molar-refractivity contribution < 1.29 is 47.7 Å². The lowest BCUT2D eigenvalue weighted by Gasteiger charge is -2.23. The van der Waals surface area contributed by atoms with Gasteiger partial charge in [-0.3, -0.25) is 4.79 Å². The summed E-state index contributed by atoms with van der Waals surface area (Å²) < 4.78 is 25.0.